The third-order valence-corrected chi connectivity index (χ3v) is 5.55. The van der Waals surface area contributed by atoms with Gasteiger partial charge in [-0.05, 0) is 55.0 Å². The van der Waals surface area contributed by atoms with Crippen LogP contribution < -0.4 is 4.74 Å². The number of fused-ring (bicyclic) bond motifs is 3. The molecule has 1 aliphatic heterocycles. The number of phenols is 1. The summed E-state index contributed by atoms with van der Waals surface area (Å²) in [5, 5.41) is 12.7. The molecule has 0 fully saturated rings. The van der Waals surface area contributed by atoms with E-state index in [0.717, 1.165) is 11.3 Å². The van der Waals surface area contributed by atoms with Crippen LogP contribution in [0.25, 0.3) is 16.8 Å². The molecule has 3 nitrogen and oxygen atoms in total. The van der Waals surface area contributed by atoms with Crippen molar-refractivity contribution in [3.63, 3.8) is 0 Å². The summed E-state index contributed by atoms with van der Waals surface area (Å²) in [5.74, 6) is 0.972. The highest BCUT2D eigenvalue weighted by molar-refractivity contribution is 6.09. The monoisotopic (exact) mass is 358 g/mol. The maximum Gasteiger partial charge on any atom is 0.210 e. The molecule has 136 valence electrons. The second-order valence-corrected chi connectivity index (χ2v) is 7.51. The van der Waals surface area contributed by atoms with E-state index in [1.165, 1.54) is 27.7 Å². The Hall–Kier alpha value is -3.07. The van der Waals surface area contributed by atoms with E-state index in [0.29, 0.717) is 0 Å². The summed E-state index contributed by atoms with van der Waals surface area (Å²) < 4.78 is 7.53. The second-order valence-electron chi connectivity index (χ2n) is 7.51. The minimum absolute atomic E-state index is 0.143. The Labute approximate surface area is 159 Å². The van der Waals surface area contributed by atoms with Crippen LogP contribution in [0.2, 0.25) is 0 Å². The minimum Gasteiger partial charge on any atom is -0.507 e. The Morgan fingerprint density at radius 2 is 1.78 bits per heavy atom. The van der Waals surface area contributed by atoms with Gasteiger partial charge in [0.15, 0.2) is 5.71 Å². The van der Waals surface area contributed by atoms with E-state index in [1.807, 2.05) is 12.1 Å². The molecule has 3 heteroatoms. The fourth-order valence-electron chi connectivity index (χ4n) is 4.16. The summed E-state index contributed by atoms with van der Waals surface area (Å²) in [5.41, 5.74) is 4.37. The standard InChI is InChI=1S/C24H23NO2/c1-24(2)22(14-10-17-15-18(27-4)11-13-21(17)26)25(3)20-12-9-16-7-5-6-8-19(16)23(20)24/h5-15H,1-4H3/p+1. The van der Waals surface area contributed by atoms with E-state index in [1.54, 1.807) is 19.2 Å². The van der Waals surface area contributed by atoms with Crippen molar-refractivity contribution in [3.05, 3.63) is 71.8 Å². The Morgan fingerprint density at radius 1 is 1.00 bits per heavy atom. The summed E-state index contributed by atoms with van der Waals surface area (Å²) in [7, 11) is 3.73. The number of ether oxygens (including phenoxy) is 1. The zero-order valence-electron chi connectivity index (χ0n) is 16.2. The number of methoxy groups -OCH3 is 1. The summed E-state index contributed by atoms with van der Waals surface area (Å²) >= 11 is 0. The highest BCUT2D eigenvalue weighted by atomic mass is 16.5. The molecule has 27 heavy (non-hydrogen) atoms. The molecule has 0 aliphatic carbocycles. The second kappa shape index (κ2) is 6.27. The maximum atomic E-state index is 10.2. The van der Waals surface area contributed by atoms with Crippen LogP contribution in [-0.4, -0.2) is 29.6 Å². The molecule has 0 amide bonds. The number of allylic oxidation sites excluding steroid dienone is 1. The lowest BCUT2D eigenvalue weighted by Gasteiger charge is -2.17. The van der Waals surface area contributed by atoms with Crippen molar-refractivity contribution < 1.29 is 14.4 Å². The molecule has 1 heterocycles. The van der Waals surface area contributed by atoms with Crippen LogP contribution in [0.15, 0.2) is 60.7 Å². The van der Waals surface area contributed by atoms with Gasteiger partial charge in [-0.15, -0.1) is 0 Å². The molecule has 0 atom stereocenters. The van der Waals surface area contributed by atoms with Crippen molar-refractivity contribution in [2.24, 2.45) is 0 Å². The van der Waals surface area contributed by atoms with E-state index in [9.17, 15) is 5.11 Å². The Morgan fingerprint density at radius 3 is 2.56 bits per heavy atom. The molecule has 0 radical (unpaired) electrons. The van der Waals surface area contributed by atoms with E-state index in [2.05, 4.69) is 67.9 Å². The highest BCUT2D eigenvalue weighted by Crippen LogP contribution is 2.43. The Balaban J connectivity index is 1.82. The molecule has 0 bridgehead atoms. The summed E-state index contributed by atoms with van der Waals surface area (Å²) in [6.07, 6.45) is 4.06. The van der Waals surface area contributed by atoms with E-state index in [4.69, 9.17) is 4.74 Å². The van der Waals surface area contributed by atoms with Crippen LogP contribution in [0.3, 0.4) is 0 Å². The average molecular weight is 358 g/mol. The maximum absolute atomic E-state index is 10.2. The van der Waals surface area contributed by atoms with E-state index in [-0.39, 0.29) is 11.2 Å². The number of rotatable bonds is 3. The number of hydrogen-bond acceptors (Lipinski definition) is 2. The number of aromatic hydroxyl groups is 1. The van der Waals surface area contributed by atoms with Gasteiger partial charge in [0.25, 0.3) is 0 Å². The molecule has 4 rings (SSSR count). The van der Waals surface area contributed by atoms with Gasteiger partial charge in [0, 0.05) is 23.3 Å². The van der Waals surface area contributed by atoms with Crippen LogP contribution in [0, 0.1) is 0 Å². The molecular weight excluding hydrogens is 334 g/mol. The predicted molar refractivity (Wildman–Crippen MR) is 112 cm³/mol. The van der Waals surface area contributed by atoms with Gasteiger partial charge in [-0.2, -0.15) is 4.58 Å². The van der Waals surface area contributed by atoms with Crippen molar-refractivity contribution in [3.8, 4) is 11.5 Å². The average Bonchev–Trinajstić information content (AvgIpc) is 2.87. The molecule has 3 aromatic carbocycles. The van der Waals surface area contributed by atoms with Gasteiger partial charge in [-0.1, -0.05) is 24.3 Å². The van der Waals surface area contributed by atoms with Gasteiger partial charge in [0.05, 0.1) is 12.5 Å². The molecule has 1 N–H and O–H groups in total. The van der Waals surface area contributed by atoms with Crippen molar-refractivity contribution in [2.45, 2.75) is 19.3 Å². The SMILES string of the molecule is COc1ccc(O)c(/C=C/C2=[N+](C)c3ccc4ccccc4c3C2(C)C)c1. The van der Waals surface area contributed by atoms with Crippen LogP contribution >= 0.6 is 0 Å². The lowest BCUT2D eigenvalue weighted by molar-refractivity contribution is -0.401. The fraction of sp³-hybridized carbons (Fsp3) is 0.208. The van der Waals surface area contributed by atoms with Crippen molar-refractivity contribution >= 4 is 28.2 Å². The number of nitrogens with zero attached hydrogens (tertiary/aromatic N) is 1. The van der Waals surface area contributed by atoms with Crippen LogP contribution in [-0.2, 0) is 5.41 Å². The first-order valence-corrected chi connectivity index (χ1v) is 9.12. The Bertz CT molecular complexity index is 1110. The van der Waals surface area contributed by atoms with Crippen molar-refractivity contribution in [2.75, 3.05) is 14.2 Å². The lowest BCUT2D eigenvalue weighted by Crippen LogP contribution is -2.26. The van der Waals surface area contributed by atoms with Crippen molar-refractivity contribution in [1.29, 1.82) is 0 Å². The van der Waals surface area contributed by atoms with Crippen LogP contribution in [0.5, 0.6) is 11.5 Å². The largest absolute Gasteiger partial charge is 0.507 e. The number of hydrogen-bond donors (Lipinski definition) is 1. The topological polar surface area (TPSA) is 32.5 Å². The van der Waals surface area contributed by atoms with Gasteiger partial charge >= 0.3 is 0 Å². The highest BCUT2D eigenvalue weighted by Gasteiger charge is 2.44. The molecule has 0 unspecified atom stereocenters. The minimum atomic E-state index is -0.143. The summed E-state index contributed by atoms with van der Waals surface area (Å²) in [4.78, 5) is 0. The summed E-state index contributed by atoms with van der Waals surface area (Å²) in [6, 6.07) is 18.2. The molecule has 0 aromatic heterocycles. The van der Waals surface area contributed by atoms with Gasteiger partial charge in [-0.3, -0.25) is 0 Å². The van der Waals surface area contributed by atoms with Crippen LogP contribution in [0.1, 0.15) is 25.0 Å². The van der Waals surface area contributed by atoms with E-state index >= 15 is 0 Å². The molecule has 0 saturated heterocycles. The van der Waals surface area contributed by atoms with E-state index < -0.39 is 0 Å². The Kier molecular flexibility index (Phi) is 4.03. The van der Waals surface area contributed by atoms with Crippen LogP contribution in [0.4, 0.5) is 5.69 Å². The first-order valence-electron chi connectivity index (χ1n) is 9.12. The third-order valence-electron chi connectivity index (χ3n) is 5.55. The first-order chi connectivity index (χ1) is 12.9. The quantitative estimate of drug-likeness (QED) is 0.647. The smallest absolute Gasteiger partial charge is 0.210 e. The molecule has 1 aliphatic rings. The van der Waals surface area contributed by atoms with Gasteiger partial charge in [0.2, 0.25) is 5.69 Å². The van der Waals surface area contributed by atoms with Gasteiger partial charge in [0.1, 0.15) is 18.5 Å². The number of benzene rings is 3. The van der Waals surface area contributed by atoms with Crippen molar-refractivity contribution in [1.82, 2.24) is 0 Å². The third kappa shape index (κ3) is 2.71. The van der Waals surface area contributed by atoms with Gasteiger partial charge < -0.3 is 9.84 Å². The normalized spacial score (nSPS) is 15.6. The molecule has 0 spiro atoms. The number of phenolic OH excluding ortho intramolecular Hbond substituents is 1. The zero-order chi connectivity index (χ0) is 19.2. The molecule has 3 aromatic rings. The molecular formula is C24H24NO2+. The summed E-state index contributed by atoms with van der Waals surface area (Å²) in [6.45, 7) is 4.51. The molecule has 0 saturated carbocycles. The lowest BCUT2D eigenvalue weighted by atomic mass is 9.79. The predicted octanol–water partition coefficient (Wildman–Crippen LogP) is 5.27. The zero-order valence-corrected chi connectivity index (χ0v) is 16.2. The first kappa shape index (κ1) is 17.3. The van der Waals surface area contributed by atoms with Gasteiger partial charge in [-0.25, -0.2) is 0 Å². The fourth-order valence-corrected chi connectivity index (χ4v) is 4.16.